The van der Waals surface area contributed by atoms with Crippen molar-refractivity contribution in [1.29, 1.82) is 0 Å². The molecule has 11 heavy (non-hydrogen) atoms. The van der Waals surface area contributed by atoms with Crippen LogP contribution in [0.15, 0.2) is 0 Å². The van der Waals surface area contributed by atoms with Gasteiger partial charge in [0.2, 0.25) is 0 Å². The van der Waals surface area contributed by atoms with Crippen LogP contribution in [-0.4, -0.2) is 24.5 Å². The molecule has 0 aliphatic carbocycles. The highest BCUT2D eigenvalue weighted by Crippen LogP contribution is 2.24. The number of hydrogen-bond acceptors (Lipinski definition) is 2. The van der Waals surface area contributed by atoms with Gasteiger partial charge in [-0.05, 0) is 0 Å². The van der Waals surface area contributed by atoms with Crippen LogP contribution in [0.25, 0.3) is 0 Å². The number of halogens is 3. The molecule has 64 valence electrons. The van der Waals surface area contributed by atoms with E-state index in [9.17, 15) is 18.0 Å². The van der Waals surface area contributed by atoms with Crippen molar-refractivity contribution in [2.24, 2.45) is 0 Å². The van der Waals surface area contributed by atoms with Gasteiger partial charge in [-0.25, -0.2) is 0 Å². The maximum atomic E-state index is 11.9. The molecule has 1 atom stereocenters. The van der Waals surface area contributed by atoms with E-state index in [-0.39, 0.29) is 18.7 Å². The van der Waals surface area contributed by atoms with Crippen LogP contribution in [0.1, 0.15) is 12.8 Å². The van der Waals surface area contributed by atoms with Gasteiger partial charge in [0.05, 0.1) is 0 Å². The highest BCUT2D eigenvalue weighted by atomic mass is 19.4. The summed E-state index contributed by atoms with van der Waals surface area (Å²) < 4.78 is 35.7. The second kappa shape index (κ2) is 2.81. The summed E-state index contributed by atoms with van der Waals surface area (Å²) in [4.78, 5) is 10.6. The maximum absolute atomic E-state index is 11.9. The van der Waals surface area contributed by atoms with E-state index in [1.807, 2.05) is 0 Å². The van der Waals surface area contributed by atoms with Crippen LogP contribution in [0, 0.1) is 0 Å². The second-order valence-electron chi connectivity index (χ2n) is 2.54. The van der Waals surface area contributed by atoms with Gasteiger partial charge >= 0.3 is 6.18 Å². The highest BCUT2D eigenvalue weighted by Gasteiger charge is 2.41. The number of alkyl halides is 3. The number of carbonyl (C=O) groups is 1. The minimum absolute atomic E-state index is 0.142. The first-order valence-electron chi connectivity index (χ1n) is 3.32. The first kappa shape index (κ1) is 8.52. The summed E-state index contributed by atoms with van der Waals surface area (Å²) in [6, 6.07) is -1.62. The predicted octanol–water partition coefficient (Wildman–Crippen LogP) is 0.870. The van der Waals surface area contributed by atoms with Crippen molar-refractivity contribution in [3.63, 3.8) is 0 Å². The second-order valence-corrected chi connectivity index (χ2v) is 2.54. The fourth-order valence-electron chi connectivity index (χ4n) is 1.02. The summed E-state index contributed by atoms with van der Waals surface area (Å²) in [5, 5.41) is 2.24. The number of rotatable bonds is 0. The molecule has 0 aromatic carbocycles. The third kappa shape index (κ3) is 2.18. The number of ketones is 1. The van der Waals surface area contributed by atoms with Crippen LogP contribution in [0.3, 0.4) is 0 Å². The van der Waals surface area contributed by atoms with E-state index in [0.29, 0.717) is 0 Å². The Balaban J connectivity index is 2.53. The number of piperidine rings is 1. The van der Waals surface area contributed by atoms with Gasteiger partial charge in [-0.15, -0.1) is 0 Å². The van der Waals surface area contributed by atoms with Crippen molar-refractivity contribution < 1.29 is 18.0 Å². The monoisotopic (exact) mass is 167 g/mol. The Labute approximate surface area is 61.8 Å². The summed E-state index contributed by atoms with van der Waals surface area (Å²) >= 11 is 0. The van der Waals surface area contributed by atoms with Gasteiger partial charge in [-0.1, -0.05) is 0 Å². The Morgan fingerprint density at radius 1 is 1.45 bits per heavy atom. The Morgan fingerprint density at radius 3 is 2.45 bits per heavy atom. The van der Waals surface area contributed by atoms with Crippen LogP contribution in [0.4, 0.5) is 13.2 Å². The van der Waals surface area contributed by atoms with Crippen molar-refractivity contribution in [2.75, 3.05) is 6.54 Å². The lowest BCUT2D eigenvalue weighted by atomic mass is 10.0. The molecule has 1 saturated heterocycles. The fourth-order valence-corrected chi connectivity index (χ4v) is 1.02. The van der Waals surface area contributed by atoms with Crippen molar-refractivity contribution in [3.8, 4) is 0 Å². The molecule has 2 nitrogen and oxygen atoms in total. The smallest absolute Gasteiger partial charge is 0.305 e. The molecule has 1 aliphatic rings. The Bertz CT molecular complexity index is 166. The lowest BCUT2D eigenvalue weighted by Crippen LogP contribution is -2.47. The third-order valence-electron chi connectivity index (χ3n) is 1.62. The molecule has 5 heteroatoms. The van der Waals surface area contributed by atoms with Crippen molar-refractivity contribution in [1.82, 2.24) is 5.32 Å². The Morgan fingerprint density at radius 2 is 2.09 bits per heavy atom. The minimum atomic E-state index is -4.28. The van der Waals surface area contributed by atoms with Gasteiger partial charge in [0, 0.05) is 19.4 Å². The molecular weight excluding hydrogens is 159 g/mol. The zero-order valence-electron chi connectivity index (χ0n) is 5.74. The molecule has 0 aromatic rings. The Kier molecular flexibility index (Phi) is 2.17. The van der Waals surface area contributed by atoms with E-state index in [1.54, 1.807) is 0 Å². The molecule has 0 amide bonds. The summed E-state index contributed by atoms with van der Waals surface area (Å²) in [5.41, 5.74) is 0. The molecule has 1 aliphatic heterocycles. The lowest BCUT2D eigenvalue weighted by molar-refractivity contribution is -0.164. The SMILES string of the molecule is O=C1CCNC(C(F)(F)F)C1. The first-order chi connectivity index (χ1) is 5.00. The quantitative estimate of drug-likeness (QED) is 0.580. The molecule has 0 bridgehead atoms. The first-order valence-corrected chi connectivity index (χ1v) is 3.32. The van der Waals surface area contributed by atoms with E-state index in [1.165, 1.54) is 0 Å². The van der Waals surface area contributed by atoms with Gasteiger partial charge in [0.15, 0.2) is 0 Å². The lowest BCUT2D eigenvalue weighted by Gasteiger charge is -2.24. The standard InChI is InChI=1S/C6H8F3NO/c7-6(8,9)5-3-4(11)1-2-10-5/h5,10H,1-3H2. The topological polar surface area (TPSA) is 29.1 Å². The van der Waals surface area contributed by atoms with Crippen LogP contribution in [0.2, 0.25) is 0 Å². The molecule has 0 saturated carbocycles. The molecular formula is C6H8F3NO. The van der Waals surface area contributed by atoms with Gasteiger partial charge in [-0.2, -0.15) is 13.2 Å². The summed E-state index contributed by atoms with van der Waals surface area (Å²) in [5.74, 6) is -0.314. The zero-order chi connectivity index (χ0) is 8.48. The average molecular weight is 167 g/mol. The summed E-state index contributed by atoms with van der Waals surface area (Å²) in [6.45, 7) is 0.142. The van der Waals surface area contributed by atoms with E-state index in [0.717, 1.165) is 0 Å². The van der Waals surface area contributed by atoms with E-state index in [4.69, 9.17) is 0 Å². The molecule has 0 aromatic heterocycles. The molecule has 1 N–H and O–H groups in total. The van der Waals surface area contributed by atoms with E-state index < -0.39 is 18.6 Å². The Hall–Kier alpha value is -0.580. The zero-order valence-corrected chi connectivity index (χ0v) is 5.74. The van der Waals surface area contributed by atoms with Crippen LogP contribution in [0.5, 0.6) is 0 Å². The largest absolute Gasteiger partial charge is 0.404 e. The highest BCUT2D eigenvalue weighted by molar-refractivity contribution is 5.80. The number of hydrogen-bond donors (Lipinski definition) is 1. The van der Waals surface area contributed by atoms with Crippen LogP contribution in [-0.2, 0) is 4.79 Å². The van der Waals surface area contributed by atoms with Crippen molar-refractivity contribution >= 4 is 5.78 Å². The summed E-state index contributed by atoms with van der Waals surface area (Å²) in [6.07, 6.45) is -4.48. The predicted molar refractivity (Wildman–Crippen MR) is 32.1 cm³/mol. The van der Waals surface area contributed by atoms with E-state index >= 15 is 0 Å². The van der Waals surface area contributed by atoms with Gasteiger partial charge < -0.3 is 5.32 Å². The molecule has 1 rings (SSSR count). The van der Waals surface area contributed by atoms with Crippen LogP contribution < -0.4 is 5.32 Å². The van der Waals surface area contributed by atoms with Crippen molar-refractivity contribution in [3.05, 3.63) is 0 Å². The van der Waals surface area contributed by atoms with Gasteiger partial charge in [-0.3, -0.25) is 4.79 Å². The van der Waals surface area contributed by atoms with Gasteiger partial charge in [0.25, 0.3) is 0 Å². The minimum Gasteiger partial charge on any atom is -0.305 e. The molecule has 0 spiro atoms. The molecule has 1 heterocycles. The summed E-state index contributed by atoms with van der Waals surface area (Å²) in [7, 11) is 0. The number of carbonyl (C=O) groups excluding carboxylic acids is 1. The molecule has 1 unspecified atom stereocenters. The third-order valence-corrected chi connectivity index (χ3v) is 1.62. The number of nitrogens with one attached hydrogen (secondary N) is 1. The fraction of sp³-hybridized carbons (Fsp3) is 0.833. The maximum Gasteiger partial charge on any atom is 0.404 e. The van der Waals surface area contributed by atoms with Crippen LogP contribution >= 0.6 is 0 Å². The molecule has 1 fully saturated rings. The molecule has 0 radical (unpaired) electrons. The van der Waals surface area contributed by atoms with Crippen molar-refractivity contribution in [2.45, 2.75) is 25.1 Å². The average Bonchev–Trinajstić information content (AvgIpc) is 1.86. The normalized spacial score (nSPS) is 27.2. The van der Waals surface area contributed by atoms with E-state index in [2.05, 4.69) is 5.32 Å². The van der Waals surface area contributed by atoms with Gasteiger partial charge in [0.1, 0.15) is 11.8 Å². The number of Topliss-reactive ketones (excluding diaryl/α,β-unsaturated/α-hetero) is 1.